The summed E-state index contributed by atoms with van der Waals surface area (Å²) in [5, 5.41) is 0. The van der Waals surface area contributed by atoms with Gasteiger partial charge in [0.2, 0.25) is 0 Å². The summed E-state index contributed by atoms with van der Waals surface area (Å²) in [6.45, 7) is 2.74. The molecule has 0 bridgehead atoms. The van der Waals surface area contributed by atoms with Gasteiger partial charge in [0.15, 0.2) is 0 Å². The Labute approximate surface area is 165 Å². The van der Waals surface area contributed by atoms with Crippen LogP contribution in [0.15, 0.2) is 73.1 Å². The van der Waals surface area contributed by atoms with Gasteiger partial charge in [0.25, 0.3) is 0 Å². The Balaban J connectivity index is 1.43. The van der Waals surface area contributed by atoms with Crippen LogP contribution in [0.4, 0.5) is 5.69 Å². The molecule has 2 aromatic carbocycles. The number of carbonyl (C=O) groups is 1. The number of esters is 1. The fourth-order valence-electron chi connectivity index (χ4n) is 2.74. The summed E-state index contributed by atoms with van der Waals surface area (Å²) >= 11 is 0. The van der Waals surface area contributed by atoms with E-state index in [0.717, 1.165) is 22.4 Å². The minimum atomic E-state index is -0.220. The number of aromatic nitrogens is 1. The SMILES string of the molecule is CC(CC(=O)OCc1ccc(OCc2ccncc2)cc1)c1ccc(N)cc1. The monoisotopic (exact) mass is 376 g/mol. The van der Waals surface area contributed by atoms with Crippen LogP contribution in [0.5, 0.6) is 5.75 Å². The van der Waals surface area contributed by atoms with Gasteiger partial charge in [-0.25, -0.2) is 0 Å². The lowest BCUT2D eigenvalue weighted by molar-refractivity contribution is -0.145. The number of hydrogen-bond donors (Lipinski definition) is 1. The van der Waals surface area contributed by atoms with Gasteiger partial charge >= 0.3 is 5.97 Å². The highest BCUT2D eigenvalue weighted by Gasteiger charge is 2.12. The highest BCUT2D eigenvalue weighted by atomic mass is 16.5. The fraction of sp³-hybridized carbons (Fsp3) is 0.217. The van der Waals surface area contributed by atoms with Gasteiger partial charge in [0.1, 0.15) is 19.0 Å². The average molecular weight is 376 g/mol. The molecule has 1 heterocycles. The van der Waals surface area contributed by atoms with E-state index in [1.54, 1.807) is 12.4 Å². The molecule has 3 rings (SSSR count). The van der Waals surface area contributed by atoms with Crippen molar-refractivity contribution >= 4 is 11.7 Å². The zero-order valence-electron chi connectivity index (χ0n) is 15.9. The molecule has 28 heavy (non-hydrogen) atoms. The maximum absolute atomic E-state index is 12.1. The fourth-order valence-corrected chi connectivity index (χ4v) is 2.74. The zero-order valence-corrected chi connectivity index (χ0v) is 15.9. The van der Waals surface area contributed by atoms with E-state index in [1.165, 1.54) is 0 Å². The molecule has 5 nitrogen and oxygen atoms in total. The zero-order chi connectivity index (χ0) is 19.8. The molecule has 0 saturated heterocycles. The van der Waals surface area contributed by atoms with Gasteiger partial charge in [-0.3, -0.25) is 9.78 Å². The van der Waals surface area contributed by atoms with Gasteiger partial charge in [-0.05, 0) is 59.0 Å². The van der Waals surface area contributed by atoms with Gasteiger partial charge in [-0.2, -0.15) is 0 Å². The lowest BCUT2D eigenvalue weighted by Gasteiger charge is -2.12. The van der Waals surface area contributed by atoms with E-state index >= 15 is 0 Å². The molecule has 144 valence electrons. The van der Waals surface area contributed by atoms with E-state index in [1.807, 2.05) is 67.6 Å². The van der Waals surface area contributed by atoms with Crippen molar-refractivity contribution in [3.63, 3.8) is 0 Å². The Hall–Kier alpha value is -3.34. The van der Waals surface area contributed by atoms with Crippen LogP contribution in [0.25, 0.3) is 0 Å². The van der Waals surface area contributed by atoms with Crippen LogP contribution >= 0.6 is 0 Å². The third-order valence-electron chi connectivity index (χ3n) is 4.46. The number of hydrogen-bond acceptors (Lipinski definition) is 5. The Morgan fingerprint density at radius 1 is 0.929 bits per heavy atom. The standard InChI is InChI=1S/C23H24N2O3/c1-17(20-4-6-21(24)7-5-20)14-23(26)28-16-18-2-8-22(9-3-18)27-15-19-10-12-25-13-11-19/h2-13,17H,14-16,24H2,1H3. The topological polar surface area (TPSA) is 74.4 Å². The van der Waals surface area contributed by atoms with E-state index in [4.69, 9.17) is 15.2 Å². The summed E-state index contributed by atoms with van der Waals surface area (Å²) in [5.74, 6) is 0.628. The number of anilines is 1. The van der Waals surface area contributed by atoms with Crippen molar-refractivity contribution in [1.29, 1.82) is 0 Å². The van der Waals surface area contributed by atoms with Crippen molar-refractivity contribution in [3.8, 4) is 5.75 Å². The summed E-state index contributed by atoms with van der Waals surface area (Å²) < 4.78 is 11.1. The molecule has 0 fully saturated rings. The van der Waals surface area contributed by atoms with E-state index in [-0.39, 0.29) is 18.5 Å². The molecule has 0 aliphatic carbocycles. The predicted octanol–water partition coefficient (Wildman–Crippen LogP) is 4.48. The molecular formula is C23H24N2O3. The van der Waals surface area contributed by atoms with E-state index in [9.17, 15) is 4.79 Å². The lowest BCUT2D eigenvalue weighted by atomic mass is 9.98. The third kappa shape index (κ3) is 5.84. The summed E-state index contributed by atoms with van der Waals surface area (Å²) in [6, 6.07) is 19.0. The van der Waals surface area contributed by atoms with Crippen molar-refractivity contribution in [3.05, 3.63) is 89.7 Å². The van der Waals surface area contributed by atoms with Crippen LogP contribution in [0.1, 0.15) is 36.0 Å². The normalized spacial score (nSPS) is 11.6. The van der Waals surface area contributed by atoms with Gasteiger partial charge in [0, 0.05) is 18.1 Å². The van der Waals surface area contributed by atoms with Crippen molar-refractivity contribution in [1.82, 2.24) is 4.98 Å². The van der Waals surface area contributed by atoms with Crippen LogP contribution in [0.3, 0.4) is 0 Å². The smallest absolute Gasteiger partial charge is 0.306 e. The van der Waals surface area contributed by atoms with Crippen LogP contribution in [0.2, 0.25) is 0 Å². The van der Waals surface area contributed by atoms with E-state index in [0.29, 0.717) is 18.7 Å². The number of nitrogens with zero attached hydrogens (tertiary/aromatic N) is 1. The first-order valence-electron chi connectivity index (χ1n) is 9.22. The minimum absolute atomic E-state index is 0.0806. The second kappa shape index (κ2) is 9.55. The highest BCUT2D eigenvalue weighted by molar-refractivity contribution is 5.70. The first-order chi connectivity index (χ1) is 13.6. The van der Waals surface area contributed by atoms with Crippen LogP contribution < -0.4 is 10.5 Å². The Kier molecular flexibility index (Phi) is 6.63. The van der Waals surface area contributed by atoms with Crippen LogP contribution in [-0.4, -0.2) is 11.0 Å². The van der Waals surface area contributed by atoms with Crippen molar-refractivity contribution < 1.29 is 14.3 Å². The first kappa shape index (κ1) is 19.4. The second-order valence-corrected chi connectivity index (χ2v) is 6.72. The van der Waals surface area contributed by atoms with E-state index < -0.39 is 0 Å². The number of benzene rings is 2. The molecule has 1 unspecified atom stereocenters. The largest absolute Gasteiger partial charge is 0.489 e. The van der Waals surface area contributed by atoms with Gasteiger partial charge in [-0.1, -0.05) is 31.2 Å². The summed E-state index contributed by atoms with van der Waals surface area (Å²) in [5.41, 5.74) is 9.46. The quantitative estimate of drug-likeness (QED) is 0.463. The van der Waals surface area contributed by atoms with Crippen LogP contribution in [0, 0.1) is 0 Å². The second-order valence-electron chi connectivity index (χ2n) is 6.72. The third-order valence-corrected chi connectivity index (χ3v) is 4.46. The molecule has 0 amide bonds. The van der Waals surface area contributed by atoms with Crippen molar-refractivity contribution in [2.75, 3.05) is 5.73 Å². The molecule has 0 aliphatic rings. The Morgan fingerprint density at radius 2 is 1.57 bits per heavy atom. The minimum Gasteiger partial charge on any atom is -0.489 e. The van der Waals surface area contributed by atoms with Crippen molar-refractivity contribution in [2.45, 2.75) is 32.5 Å². The predicted molar refractivity (Wildman–Crippen MR) is 109 cm³/mol. The Morgan fingerprint density at radius 3 is 2.25 bits per heavy atom. The number of pyridine rings is 1. The first-order valence-corrected chi connectivity index (χ1v) is 9.22. The van der Waals surface area contributed by atoms with Gasteiger partial charge in [0.05, 0.1) is 6.42 Å². The Bertz CT molecular complexity index is 878. The highest BCUT2D eigenvalue weighted by Crippen LogP contribution is 2.21. The van der Waals surface area contributed by atoms with Gasteiger partial charge < -0.3 is 15.2 Å². The number of rotatable bonds is 8. The summed E-state index contributed by atoms with van der Waals surface area (Å²) in [4.78, 5) is 16.1. The molecule has 3 aromatic rings. The number of nitrogens with two attached hydrogens (primary N) is 1. The molecule has 1 aromatic heterocycles. The molecule has 0 spiro atoms. The maximum Gasteiger partial charge on any atom is 0.306 e. The molecule has 5 heteroatoms. The lowest BCUT2D eigenvalue weighted by Crippen LogP contribution is -2.09. The molecule has 1 atom stereocenters. The molecule has 2 N–H and O–H groups in total. The van der Waals surface area contributed by atoms with Crippen molar-refractivity contribution in [2.24, 2.45) is 0 Å². The average Bonchev–Trinajstić information content (AvgIpc) is 2.72. The summed E-state index contributed by atoms with van der Waals surface area (Å²) in [7, 11) is 0. The molecule has 0 radical (unpaired) electrons. The van der Waals surface area contributed by atoms with Crippen LogP contribution in [-0.2, 0) is 22.7 Å². The number of nitrogen functional groups attached to an aromatic ring is 1. The number of carbonyl (C=O) groups excluding carboxylic acids is 1. The van der Waals surface area contributed by atoms with E-state index in [2.05, 4.69) is 4.98 Å². The summed E-state index contributed by atoms with van der Waals surface area (Å²) in [6.07, 6.45) is 3.81. The molecule has 0 saturated carbocycles. The number of ether oxygens (including phenoxy) is 2. The molecule has 0 aliphatic heterocycles. The molecular weight excluding hydrogens is 352 g/mol. The van der Waals surface area contributed by atoms with Gasteiger partial charge in [-0.15, -0.1) is 0 Å². The maximum atomic E-state index is 12.1.